The third-order valence-corrected chi connectivity index (χ3v) is 5.12. The summed E-state index contributed by atoms with van der Waals surface area (Å²) in [6.07, 6.45) is 3.36. The summed E-state index contributed by atoms with van der Waals surface area (Å²) in [4.78, 5) is 5.21. The molecule has 0 saturated heterocycles. The Bertz CT molecular complexity index is 1050. The largest absolute Gasteiger partial charge is 0.252 e. The van der Waals surface area contributed by atoms with Gasteiger partial charge < -0.3 is 0 Å². The quantitative estimate of drug-likeness (QED) is 0.370. The van der Waals surface area contributed by atoms with Crippen molar-refractivity contribution in [2.75, 3.05) is 0 Å². The van der Waals surface area contributed by atoms with Crippen molar-refractivity contribution in [3.05, 3.63) is 90.1 Å². The predicted octanol–water partition coefficient (Wildman–Crippen LogP) is 7.22. The molecule has 1 nitrogen and oxygen atoms in total. The number of nitrogens with zero attached hydrogens (tertiary/aromatic N) is 1. The number of rotatable bonds is 5. The zero-order chi connectivity index (χ0) is 18.6. The van der Waals surface area contributed by atoms with Gasteiger partial charge in [0.05, 0.1) is 5.69 Å². The summed E-state index contributed by atoms with van der Waals surface area (Å²) in [5.41, 5.74) is 7.22. The third kappa shape index (κ3) is 3.50. The number of unbranched alkanes of at least 4 members (excludes halogenated alkanes) is 1. The van der Waals surface area contributed by atoms with E-state index in [2.05, 4.69) is 92.7 Å². The number of benzene rings is 3. The lowest BCUT2D eigenvalue weighted by Crippen LogP contribution is -1.99. The van der Waals surface area contributed by atoms with Gasteiger partial charge in [0.2, 0.25) is 0 Å². The maximum Gasteiger partial charge on any atom is 0.0790 e. The Kier molecular flexibility index (Phi) is 5.02. The van der Waals surface area contributed by atoms with Crippen LogP contribution < -0.4 is 0 Å². The van der Waals surface area contributed by atoms with Crippen LogP contribution in [0.1, 0.15) is 31.0 Å². The number of aromatic nitrogens is 1. The summed E-state index contributed by atoms with van der Waals surface area (Å²) in [6, 6.07) is 28.0. The summed E-state index contributed by atoms with van der Waals surface area (Å²) in [6.45, 7) is 4.41. The minimum absolute atomic E-state index is 1.02. The molecule has 0 atom stereocenters. The molecule has 0 unspecified atom stereocenters. The van der Waals surface area contributed by atoms with Crippen molar-refractivity contribution in [2.45, 2.75) is 33.1 Å². The van der Waals surface area contributed by atoms with Crippen molar-refractivity contribution in [3.8, 4) is 22.4 Å². The Labute approximate surface area is 161 Å². The fraction of sp³-hybridized carbons (Fsp3) is 0.192. The van der Waals surface area contributed by atoms with Crippen molar-refractivity contribution in [1.82, 2.24) is 4.98 Å². The monoisotopic (exact) mass is 351 g/mol. The van der Waals surface area contributed by atoms with Gasteiger partial charge in [-0.15, -0.1) is 0 Å². The van der Waals surface area contributed by atoms with Crippen LogP contribution in [0, 0.1) is 6.92 Å². The highest BCUT2D eigenvalue weighted by molar-refractivity contribution is 6.04. The van der Waals surface area contributed by atoms with Crippen LogP contribution in [-0.2, 0) is 6.42 Å². The molecule has 0 aliphatic carbocycles. The standard InChI is InChI=1S/C26H25N/c1-3-4-15-24-22-17-16-19(2)18-23(22)25(20-11-7-5-8-12-20)26(27-24)21-13-9-6-10-14-21/h5-14,16-18H,3-4,15H2,1-2H3. The van der Waals surface area contributed by atoms with Crippen LogP contribution in [0.2, 0.25) is 0 Å². The van der Waals surface area contributed by atoms with Gasteiger partial charge in [0.1, 0.15) is 0 Å². The normalized spacial score (nSPS) is 11.0. The molecule has 4 rings (SSSR count). The first-order chi connectivity index (χ1) is 13.3. The third-order valence-electron chi connectivity index (χ3n) is 5.12. The molecular formula is C26H25N. The molecule has 3 aromatic carbocycles. The number of hydrogen-bond donors (Lipinski definition) is 0. The van der Waals surface area contributed by atoms with E-state index in [0.717, 1.165) is 18.5 Å². The molecule has 0 saturated carbocycles. The number of aryl methyl sites for hydroxylation is 2. The van der Waals surface area contributed by atoms with Crippen LogP contribution in [0.5, 0.6) is 0 Å². The van der Waals surface area contributed by atoms with Crippen LogP contribution in [0.3, 0.4) is 0 Å². The topological polar surface area (TPSA) is 12.9 Å². The zero-order valence-corrected chi connectivity index (χ0v) is 16.1. The number of hydrogen-bond acceptors (Lipinski definition) is 1. The summed E-state index contributed by atoms with van der Waals surface area (Å²) in [5, 5.41) is 2.59. The second-order valence-electron chi connectivity index (χ2n) is 7.17. The van der Waals surface area contributed by atoms with Gasteiger partial charge in [-0.2, -0.15) is 0 Å². The van der Waals surface area contributed by atoms with Crippen LogP contribution in [0.15, 0.2) is 78.9 Å². The minimum Gasteiger partial charge on any atom is -0.252 e. The lowest BCUT2D eigenvalue weighted by Gasteiger charge is -2.17. The molecule has 0 aliphatic rings. The molecular weight excluding hydrogens is 326 g/mol. The zero-order valence-electron chi connectivity index (χ0n) is 16.1. The first-order valence-corrected chi connectivity index (χ1v) is 9.82. The Balaban J connectivity index is 2.09. The average molecular weight is 351 g/mol. The molecule has 27 heavy (non-hydrogen) atoms. The number of pyridine rings is 1. The average Bonchev–Trinajstić information content (AvgIpc) is 2.72. The van der Waals surface area contributed by atoms with Gasteiger partial charge in [0.25, 0.3) is 0 Å². The van der Waals surface area contributed by atoms with E-state index in [4.69, 9.17) is 4.98 Å². The van der Waals surface area contributed by atoms with E-state index in [1.165, 1.54) is 45.1 Å². The summed E-state index contributed by atoms with van der Waals surface area (Å²) < 4.78 is 0. The Morgan fingerprint density at radius 2 is 1.41 bits per heavy atom. The number of fused-ring (bicyclic) bond motifs is 1. The highest BCUT2D eigenvalue weighted by Crippen LogP contribution is 2.38. The van der Waals surface area contributed by atoms with Gasteiger partial charge in [-0.3, -0.25) is 4.98 Å². The van der Waals surface area contributed by atoms with Crippen molar-refractivity contribution < 1.29 is 0 Å². The van der Waals surface area contributed by atoms with E-state index in [-0.39, 0.29) is 0 Å². The van der Waals surface area contributed by atoms with E-state index < -0.39 is 0 Å². The second-order valence-corrected chi connectivity index (χ2v) is 7.17. The highest BCUT2D eigenvalue weighted by Gasteiger charge is 2.16. The lowest BCUT2D eigenvalue weighted by atomic mass is 9.91. The fourth-order valence-electron chi connectivity index (χ4n) is 3.73. The summed E-state index contributed by atoms with van der Waals surface area (Å²) in [5.74, 6) is 0. The van der Waals surface area contributed by atoms with Crippen LogP contribution in [0.4, 0.5) is 0 Å². The lowest BCUT2D eigenvalue weighted by molar-refractivity contribution is 0.783. The molecule has 0 aliphatic heterocycles. The maximum absolute atomic E-state index is 5.21. The van der Waals surface area contributed by atoms with E-state index in [1.54, 1.807) is 0 Å². The first-order valence-electron chi connectivity index (χ1n) is 9.82. The molecule has 1 aromatic heterocycles. The highest BCUT2D eigenvalue weighted by atomic mass is 14.7. The molecule has 4 aromatic rings. The fourth-order valence-corrected chi connectivity index (χ4v) is 3.73. The van der Waals surface area contributed by atoms with Gasteiger partial charge in [-0.05, 0) is 30.7 Å². The van der Waals surface area contributed by atoms with E-state index in [0.29, 0.717) is 0 Å². The van der Waals surface area contributed by atoms with E-state index in [1.807, 2.05) is 0 Å². The molecule has 0 bridgehead atoms. The molecule has 0 radical (unpaired) electrons. The van der Waals surface area contributed by atoms with E-state index in [9.17, 15) is 0 Å². The predicted molar refractivity (Wildman–Crippen MR) is 116 cm³/mol. The van der Waals surface area contributed by atoms with Gasteiger partial charge in [-0.1, -0.05) is 97.8 Å². The van der Waals surface area contributed by atoms with Gasteiger partial charge in [0.15, 0.2) is 0 Å². The van der Waals surface area contributed by atoms with E-state index >= 15 is 0 Å². The Hall–Kier alpha value is -2.93. The van der Waals surface area contributed by atoms with Crippen molar-refractivity contribution in [1.29, 1.82) is 0 Å². The SMILES string of the molecule is CCCCc1nc(-c2ccccc2)c(-c2ccccc2)c2cc(C)ccc12. The molecule has 134 valence electrons. The van der Waals surface area contributed by atoms with Gasteiger partial charge in [-0.25, -0.2) is 0 Å². The van der Waals surface area contributed by atoms with Crippen molar-refractivity contribution >= 4 is 10.8 Å². The maximum atomic E-state index is 5.21. The van der Waals surface area contributed by atoms with Crippen LogP contribution in [0.25, 0.3) is 33.2 Å². The molecule has 1 heterocycles. The second kappa shape index (κ2) is 7.75. The molecule has 0 amide bonds. The first kappa shape index (κ1) is 17.5. The Morgan fingerprint density at radius 1 is 0.741 bits per heavy atom. The van der Waals surface area contributed by atoms with Crippen molar-refractivity contribution in [2.24, 2.45) is 0 Å². The Morgan fingerprint density at radius 3 is 2.07 bits per heavy atom. The molecule has 0 N–H and O–H groups in total. The van der Waals surface area contributed by atoms with Gasteiger partial charge >= 0.3 is 0 Å². The summed E-state index contributed by atoms with van der Waals surface area (Å²) in [7, 11) is 0. The molecule has 0 fully saturated rings. The smallest absolute Gasteiger partial charge is 0.0790 e. The molecule has 0 spiro atoms. The van der Waals surface area contributed by atoms with Gasteiger partial charge in [0, 0.05) is 22.2 Å². The minimum atomic E-state index is 1.02. The molecule has 1 heteroatoms. The van der Waals surface area contributed by atoms with Crippen molar-refractivity contribution in [3.63, 3.8) is 0 Å². The summed E-state index contributed by atoms with van der Waals surface area (Å²) >= 11 is 0. The van der Waals surface area contributed by atoms with Crippen LogP contribution >= 0.6 is 0 Å². The van der Waals surface area contributed by atoms with Crippen LogP contribution in [-0.4, -0.2) is 4.98 Å².